The average Bonchev–Trinajstić information content (AvgIpc) is 3.15. The molecule has 4 N–H and O–H groups in total. The fourth-order valence-corrected chi connectivity index (χ4v) is 3.51. The number of halogens is 3. The fourth-order valence-electron chi connectivity index (χ4n) is 3.51. The Morgan fingerprint density at radius 3 is 2.58 bits per heavy atom. The normalized spacial score (nSPS) is 17.3. The van der Waals surface area contributed by atoms with Crippen molar-refractivity contribution in [3.05, 3.63) is 46.5 Å². The zero-order valence-electron chi connectivity index (χ0n) is 17.7. The lowest BCUT2D eigenvalue weighted by Gasteiger charge is -2.21. The topological polar surface area (TPSA) is 110 Å². The molecule has 10 heteroatoms. The lowest BCUT2D eigenvalue weighted by molar-refractivity contribution is -0.137. The van der Waals surface area contributed by atoms with Crippen LogP contribution in [-0.2, 0) is 11.0 Å². The van der Waals surface area contributed by atoms with Gasteiger partial charge in [-0.1, -0.05) is 25.7 Å². The van der Waals surface area contributed by atoms with Crippen molar-refractivity contribution in [2.45, 2.75) is 63.8 Å². The van der Waals surface area contributed by atoms with Crippen LogP contribution in [-0.4, -0.2) is 33.6 Å². The highest BCUT2D eigenvalue weighted by molar-refractivity contribution is 6.00. The number of hydrogen-bond acceptors (Lipinski definition) is 4. The number of alkyl halides is 3. The highest BCUT2D eigenvalue weighted by Gasteiger charge is 2.33. The molecule has 172 valence electrons. The third-order valence-electron chi connectivity index (χ3n) is 5.07. The first kappa shape index (κ1) is 24.6. The number of nitrogens with one attached hydrogen (secondary N) is 1. The van der Waals surface area contributed by atoms with Crippen LogP contribution in [0.4, 0.5) is 13.2 Å². The van der Waals surface area contributed by atoms with Gasteiger partial charge in [0.2, 0.25) is 0 Å². The van der Waals surface area contributed by atoms with Crippen molar-refractivity contribution >= 4 is 11.7 Å². The summed E-state index contributed by atoms with van der Waals surface area (Å²) in [5.41, 5.74) is 2.85. The first-order valence-corrected chi connectivity index (χ1v) is 10.2. The molecule has 1 aromatic rings. The van der Waals surface area contributed by atoms with Crippen molar-refractivity contribution in [2.24, 2.45) is 16.6 Å². The Kier molecular flexibility index (Phi) is 8.05. The van der Waals surface area contributed by atoms with Crippen LogP contribution in [0.25, 0.3) is 0 Å². The highest BCUT2D eigenvalue weighted by atomic mass is 19.4. The number of nitrogens with zero attached hydrogens (tertiary/aromatic N) is 2. The molecule has 1 amide bonds. The largest absolute Gasteiger partial charge is 0.416 e. The second-order valence-corrected chi connectivity index (χ2v) is 8.46. The molecule has 1 fully saturated rings. The minimum absolute atomic E-state index is 0.121. The summed E-state index contributed by atoms with van der Waals surface area (Å²) in [5.74, 6) is -0.633. The molecule has 0 radical (unpaired) electrons. The lowest BCUT2D eigenvalue weighted by atomic mass is 9.97. The van der Waals surface area contributed by atoms with Crippen molar-refractivity contribution in [3.8, 4) is 0 Å². The molecule has 1 aliphatic rings. The number of pyridine rings is 1. The van der Waals surface area contributed by atoms with Crippen LogP contribution in [0.2, 0.25) is 0 Å². The van der Waals surface area contributed by atoms with Gasteiger partial charge in [-0.25, -0.2) is 0 Å². The molecular weight excluding hydrogens is 413 g/mol. The Bertz CT molecular complexity index is 879. The van der Waals surface area contributed by atoms with Gasteiger partial charge in [0.1, 0.15) is 11.9 Å². The second-order valence-electron chi connectivity index (χ2n) is 8.46. The Hall–Kier alpha value is -2.62. The monoisotopic (exact) mass is 442 g/mol. The van der Waals surface area contributed by atoms with E-state index in [4.69, 9.17) is 5.73 Å². The smallest absolute Gasteiger partial charge is 0.389 e. The van der Waals surface area contributed by atoms with E-state index in [1.165, 1.54) is 12.3 Å². The van der Waals surface area contributed by atoms with Gasteiger partial charge in [-0.3, -0.25) is 9.59 Å². The van der Waals surface area contributed by atoms with Crippen LogP contribution in [0.15, 0.2) is 40.4 Å². The molecule has 1 saturated carbocycles. The molecule has 2 rings (SSSR count). The summed E-state index contributed by atoms with van der Waals surface area (Å²) in [5, 5.41) is 12.5. The minimum atomic E-state index is -4.65. The Labute approximate surface area is 178 Å². The SMILES string of the molecule is CC(C)(O)CN/C=C\C(N)=NC(=O)C(CC1CCCC1)n1ccc(C(F)(F)F)cc1=O. The van der Waals surface area contributed by atoms with Gasteiger partial charge in [-0.15, -0.1) is 0 Å². The predicted molar refractivity (Wildman–Crippen MR) is 111 cm³/mol. The van der Waals surface area contributed by atoms with Crippen LogP contribution in [0.3, 0.4) is 0 Å². The molecule has 0 spiro atoms. The summed E-state index contributed by atoms with van der Waals surface area (Å²) in [4.78, 5) is 29.0. The maximum Gasteiger partial charge on any atom is 0.416 e. The van der Waals surface area contributed by atoms with Crippen LogP contribution in [0.1, 0.15) is 57.6 Å². The molecule has 31 heavy (non-hydrogen) atoms. The van der Waals surface area contributed by atoms with Gasteiger partial charge < -0.3 is 20.7 Å². The van der Waals surface area contributed by atoms with E-state index in [-0.39, 0.29) is 18.3 Å². The molecule has 1 aliphatic carbocycles. The van der Waals surface area contributed by atoms with Gasteiger partial charge in [0.25, 0.3) is 11.5 Å². The van der Waals surface area contributed by atoms with Crippen LogP contribution < -0.4 is 16.6 Å². The van der Waals surface area contributed by atoms with Crippen molar-refractivity contribution < 1.29 is 23.1 Å². The van der Waals surface area contributed by atoms with E-state index in [1.807, 2.05) is 0 Å². The summed E-state index contributed by atoms with van der Waals surface area (Å²) in [7, 11) is 0. The first-order valence-electron chi connectivity index (χ1n) is 10.2. The van der Waals surface area contributed by atoms with Gasteiger partial charge in [0, 0.05) is 25.0 Å². The van der Waals surface area contributed by atoms with Gasteiger partial charge in [-0.05, 0) is 38.3 Å². The van der Waals surface area contributed by atoms with E-state index in [9.17, 15) is 27.9 Å². The molecule has 1 aromatic heterocycles. The third kappa shape index (κ3) is 7.86. The highest BCUT2D eigenvalue weighted by Crippen LogP contribution is 2.33. The zero-order chi connectivity index (χ0) is 23.2. The maximum absolute atomic E-state index is 12.9. The molecular formula is C21H29F3N4O3. The third-order valence-corrected chi connectivity index (χ3v) is 5.07. The van der Waals surface area contributed by atoms with Crippen molar-refractivity contribution in [1.82, 2.24) is 9.88 Å². The Morgan fingerprint density at radius 1 is 1.39 bits per heavy atom. The van der Waals surface area contributed by atoms with Crippen molar-refractivity contribution in [1.29, 1.82) is 0 Å². The summed E-state index contributed by atoms with van der Waals surface area (Å²) >= 11 is 0. The van der Waals surface area contributed by atoms with Crippen LogP contribution >= 0.6 is 0 Å². The van der Waals surface area contributed by atoms with E-state index in [0.717, 1.165) is 42.5 Å². The predicted octanol–water partition coefficient (Wildman–Crippen LogP) is 2.75. The summed E-state index contributed by atoms with van der Waals surface area (Å²) < 4.78 is 39.7. The van der Waals surface area contributed by atoms with E-state index >= 15 is 0 Å². The maximum atomic E-state index is 12.9. The number of aliphatic hydroxyl groups is 1. The summed E-state index contributed by atoms with van der Waals surface area (Å²) in [6.45, 7) is 3.48. The van der Waals surface area contributed by atoms with Crippen LogP contribution in [0, 0.1) is 5.92 Å². The number of amidine groups is 1. The zero-order valence-corrected chi connectivity index (χ0v) is 17.7. The van der Waals surface area contributed by atoms with E-state index in [0.29, 0.717) is 12.5 Å². The number of carbonyl (C=O) groups is 1. The number of hydrogen-bond donors (Lipinski definition) is 3. The summed E-state index contributed by atoms with van der Waals surface area (Å²) in [6, 6.07) is 0.237. The number of rotatable bonds is 8. The summed E-state index contributed by atoms with van der Waals surface area (Å²) in [6.07, 6.45) is 3.22. The molecule has 0 aromatic carbocycles. The van der Waals surface area contributed by atoms with Gasteiger partial charge in [0.05, 0.1) is 11.2 Å². The number of nitrogens with two attached hydrogens (primary N) is 1. The van der Waals surface area contributed by atoms with Gasteiger partial charge >= 0.3 is 6.18 Å². The number of amides is 1. The fraction of sp³-hybridized carbons (Fsp3) is 0.571. The van der Waals surface area contributed by atoms with Gasteiger partial charge in [0.15, 0.2) is 0 Å². The average molecular weight is 442 g/mol. The quantitative estimate of drug-likeness (QED) is 0.424. The molecule has 1 atom stereocenters. The van der Waals surface area contributed by atoms with Crippen molar-refractivity contribution in [3.63, 3.8) is 0 Å². The minimum Gasteiger partial charge on any atom is -0.389 e. The molecule has 1 heterocycles. The molecule has 1 unspecified atom stereocenters. The van der Waals surface area contributed by atoms with E-state index in [1.54, 1.807) is 13.8 Å². The molecule has 0 bridgehead atoms. The lowest BCUT2D eigenvalue weighted by Crippen LogP contribution is -2.32. The Balaban J connectivity index is 2.24. The number of aromatic nitrogens is 1. The number of carbonyl (C=O) groups excluding carboxylic acids is 1. The van der Waals surface area contributed by atoms with Gasteiger partial charge in [-0.2, -0.15) is 18.2 Å². The first-order chi connectivity index (χ1) is 14.4. The standard InChI is InChI=1S/C21H29F3N4O3/c1-20(2,31)13-26-9-7-17(25)27-19(30)16(11-14-5-3-4-6-14)28-10-8-15(12-18(28)29)21(22,23)24/h7-10,12,14,16,26,31H,3-6,11,13H2,1-2H3,(H2,25,27,30)/b9-7-. The van der Waals surface area contributed by atoms with Crippen molar-refractivity contribution in [2.75, 3.05) is 6.54 Å². The number of aliphatic imine (C=N–C) groups is 1. The molecule has 0 aliphatic heterocycles. The second kappa shape index (κ2) is 10.1. The van der Waals surface area contributed by atoms with E-state index < -0.39 is 34.8 Å². The van der Waals surface area contributed by atoms with Crippen LogP contribution in [0.5, 0.6) is 0 Å². The van der Waals surface area contributed by atoms with E-state index in [2.05, 4.69) is 10.3 Å². The Morgan fingerprint density at radius 2 is 2.03 bits per heavy atom. The molecule has 7 nitrogen and oxygen atoms in total. The molecule has 0 saturated heterocycles.